The van der Waals surface area contributed by atoms with E-state index in [1.54, 1.807) is 18.3 Å². The van der Waals surface area contributed by atoms with E-state index in [0.717, 1.165) is 5.39 Å². The summed E-state index contributed by atoms with van der Waals surface area (Å²) < 4.78 is 28.4. The topological polar surface area (TPSA) is 67.0 Å². The number of carbonyl (C=O) groups excluding carboxylic acids is 1. The van der Waals surface area contributed by atoms with Crippen molar-refractivity contribution in [2.24, 2.45) is 0 Å². The number of alkyl halides is 2. The molecule has 2 N–H and O–H groups in total. The number of benzene rings is 2. The number of hydrogen-bond acceptors (Lipinski definition) is 3. The number of amides is 1. The number of aromatic amines is 1. The van der Waals surface area contributed by atoms with Gasteiger partial charge in [0.2, 0.25) is 0 Å². The molecule has 1 amide bonds. The summed E-state index contributed by atoms with van der Waals surface area (Å²) >= 11 is 0. The number of para-hydroxylation sites is 1. The first kappa shape index (κ1) is 14.0. The van der Waals surface area contributed by atoms with Gasteiger partial charge in [-0.3, -0.25) is 9.89 Å². The summed E-state index contributed by atoms with van der Waals surface area (Å²) in [4.78, 5) is 12.3. The Kier molecular flexibility index (Phi) is 3.69. The number of hydrogen-bond donors (Lipinski definition) is 2. The highest BCUT2D eigenvalue weighted by Crippen LogP contribution is 2.20. The summed E-state index contributed by atoms with van der Waals surface area (Å²) in [7, 11) is 0. The summed E-state index contributed by atoms with van der Waals surface area (Å²) in [6.45, 7) is -2.88. The molecule has 1 aromatic heterocycles. The molecule has 0 aliphatic rings. The van der Waals surface area contributed by atoms with Gasteiger partial charge in [-0.2, -0.15) is 13.9 Å². The molecule has 5 nitrogen and oxygen atoms in total. The minimum Gasteiger partial charge on any atom is -0.435 e. The fraction of sp³-hybridized carbons (Fsp3) is 0.0667. The lowest BCUT2D eigenvalue weighted by Crippen LogP contribution is -2.12. The highest BCUT2D eigenvalue weighted by atomic mass is 19.3. The highest BCUT2D eigenvalue weighted by molar-refractivity contribution is 6.11. The average molecular weight is 303 g/mol. The number of halogens is 2. The number of nitrogens with one attached hydrogen (secondary N) is 2. The second-order valence-corrected chi connectivity index (χ2v) is 4.50. The molecule has 3 aromatic rings. The summed E-state index contributed by atoms with van der Waals surface area (Å²) in [5, 5.41) is 10.2. The van der Waals surface area contributed by atoms with Crippen LogP contribution in [0.5, 0.6) is 5.75 Å². The number of nitrogens with zero attached hydrogens (tertiary/aromatic N) is 1. The number of rotatable bonds is 4. The zero-order valence-corrected chi connectivity index (χ0v) is 11.2. The predicted molar refractivity (Wildman–Crippen MR) is 77.1 cm³/mol. The zero-order chi connectivity index (χ0) is 15.5. The van der Waals surface area contributed by atoms with Crippen molar-refractivity contribution in [1.29, 1.82) is 0 Å². The van der Waals surface area contributed by atoms with Gasteiger partial charge in [-0.05, 0) is 30.3 Å². The number of fused-ring (bicyclic) bond motifs is 1. The molecule has 7 heteroatoms. The van der Waals surface area contributed by atoms with E-state index in [1.165, 1.54) is 24.3 Å². The van der Waals surface area contributed by atoms with Crippen LogP contribution < -0.4 is 10.1 Å². The SMILES string of the molecule is O=C(Nc1ccc(OC(F)F)cc1)c1cccc2cn[nH]c12. The molecule has 0 bridgehead atoms. The Morgan fingerprint density at radius 2 is 1.95 bits per heavy atom. The van der Waals surface area contributed by atoms with Crippen LogP contribution >= 0.6 is 0 Å². The van der Waals surface area contributed by atoms with Crippen molar-refractivity contribution in [2.45, 2.75) is 6.61 Å². The first-order chi connectivity index (χ1) is 10.6. The highest BCUT2D eigenvalue weighted by Gasteiger charge is 2.11. The zero-order valence-electron chi connectivity index (χ0n) is 11.2. The second-order valence-electron chi connectivity index (χ2n) is 4.50. The van der Waals surface area contributed by atoms with Crippen molar-refractivity contribution in [3.05, 3.63) is 54.2 Å². The van der Waals surface area contributed by atoms with Crippen molar-refractivity contribution in [3.8, 4) is 5.75 Å². The first-order valence-corrected chi connectivity index (χ1v) is 6.42. The normalized spacial score (nSPS) is 10.9. The summed E-state index contributed by atoms with van der Waals surface area (Å²) in [6, 6.07) is 11.0. The average Bonchev–Trinajstić information content (AvgIpc) is 2.97. The molecule has 0 atom stereocenters. The van der Waals surface area contributed by atoms with Crippen LogP contribution in [0.15, 0.2) is 48.7 Å². The van der Waals surface area contributed by atoms with Crippen LogP contribution in [0.3, 0.4) is 0 Å². The van der Waals surface area contributed by atoms with Gasteiger partial charge in [-0.15, -0.1) is 0 Å². The molecule has 22 heavy (non-hydrogen) atoms. The number of H-pyrrole nitrogens is 1. The fourth-order valence-corrected chi connectivity index (χ4v) is 2.08. The lowest BCUT2D eigenvalue weighted by atomic mass is 10.1. The van der Waals surface area contributed by atoms with Gasteiger partial charge in [0, 0.05) is 11.1 Å². The third kappa shape index (κ3) is 2.88. The molecule has 0 radical (unpaired) electrons. The van der Waals surface area contributed by atoms with E-state index >= 15 is 0 Å². The standard InChI is InChI=1S/C15H11F2N3O2/c16-15(17)22-11-6-4-10(5-7-11)19-14(21)12-3-1-2-9-8-18-20-13(9)12/h1-8,15H,(H,18,20)(H,19,21). The molecule has 0 saturated carbocycles. The lowest BCUT2D eigenvalue weighted by molar-refractivity contribution is -0.0498. The van der Waals surface area contributed by atoms with Gasteiger partial charge in [0.1, 0.15) is 5.75 Å². The van der Waals surface area contributed by atoms with E-state index < -0.39 is 6.61 Å². The molecule has 0 saturated heterocycles. The number of carbonyl (C=O) groups is 1. The monoisotopic (exact) mass is 303 g/mol. The lowest BCUT2D eigenvalue weighted by Gasteiger charge is -2.08. The van der Waals surface area contributed by atoms with Crippen LogP contribution in [0.1, 0.15) is 10.4 Å². The first-order valence-electron chi connectivity index (χ1n) is 6.42. The summed E-state index contributed by atoms with van der Waals surface area (Å²) in [5.41, 5.74) is 1.56. The molecular formula is C15H11F2N3O2. The predicted octanol–water partition coefficient (Wildman–Crippen LogP) is 3.42. The van der Waals surface area contributed by atoms with E-state index in [9.17, 15) is 13.6 Å². The Hall–Kier alpha value is -2.96. The van der Waals surface area contributed by atoms with Crippen LogP contribution in [0.25, 0.3) is 10.9 Å². The Bertz CT molecular complexity index is 800. The fourth-order valence-electron chi connectivity index (χ4n) is 2.08. The van der Waals surface area contributed by atoms with Crippen LogP contribution in [0, 0.1) is 0 Å². The quantitative estimate of drug-likeness (QED) is 0.776. The Morgan fingerprint density at radius 1 is 1.18 bits per heavy atom. The minimum atomic E-state index is -2.88. The van der Waals surface area contributed by atoms with Crippen molar-refractivity contribution in [1.82, 2.24) is 10.2 Å². The summed E-state index contributed by atoms with van der Waals surface area (Å²) in [6.07, 6.45) is 1.63. The number of ether oxygens (including phenoxy) is 1. The molecule has 3 rings (SSSR count). The third-order valence-corrected chi connectivity index (χ3v) is 3.06. The van der Waals surface area contributed by atoms with Gasteiger partial charge in [-0.1, -0.05) is 12.1 Å². The van der Waals surface area contributed by atoms with E-state index in [-0.39, 0.29) is 11.7 Å². The molecule has 1 heterocycles. The van der Waals surface area contributed by atoms with E-state index in [1.807, 2.05) is 6.07 Å². The Morgan fingerprint density at radius 3 is 2.68 bits per heavy atom. The van der Waals surface area contributed by atoms with Crippen molar-refractivity contribution >= 4 is 22.5 Å². The molecule has 0 spiro atoms. The molecule has 112 valence electrons. The molecule has 0 unspecified atom stereocenters. The van der Waals surface area contributed by atoms with E-state index in [2.05, 4.69) is 20.3 Å². The Balaban J connectivity index is 1.78. The van der Waals surface area contributed by atoms with Gasteiger partial charge in [0.25, 0.3) is 5.91 Å². The molecule has 0 fully saturated rings. The Labute approximate surface area is 123 Å². The van der Waals surface area contributed by atoms with E-state index in [0.29, 0.717) is 16.8 Å². The van der Waals surface area contributed by atoms with Crippen LogP contribution in [0.4, 0.5) is 14.5 Å². The van der Waals surface area contributed by atoms with Crippen molar-refractivity contribution in [2.75, 3.05) is 5.32 Å². The van der Waals surface area contributed by atoms with E-state index in [4.69, 9.17) is 0 Å². The van der Waals surface area contributed by atoms with Gasteiger partial charge in [0.05, 0.1) is 17.3 Å². The van der Waals surface area contributed by atoms with Gasteiger partial charge in [-0.25, -0.2) is 0 Å². The molecule has 2 aromatic carbocycles. The largest absolute Gasteiger partial charge is 0.435 e. The molecule has 0 aliphatic carbocycles. The number of anilines is 1. The maximum Gasteiger partial charge on any atom is 0.387 e. The summed E-state index contributed by atoms with van der Waals surface area (Å²) in [5.74, 6) is -0.291. The van der Waals surface area contributed by atoms with Gasteiger partial charge >= 0.3 is 6.61 Å². The smallest absolute Gasteiger partial charge is 0.387 e. The van der Waals surface area contributed by atoms with Crippen molar-refractivity contribution in [3.63, 3.8) is 0 Å². The molecular weight excluding hydrogens is 292 g/mol. The maximum absolute atomic E-state index is 12.3. The second kappa shape index (κ2) is 5.80. The number of aromatic nitrogens is 2. The van der Waals surface area contributed by atoms with Gasteiger partial charge < -0.3 is 10.1 Å². The van der Waals surface area contributed by atoms with Gasteiger partial charge in [0.15, 0.2) is 0 Å². The van der Waals surface area contributed by atoms with Crippen LogP contribution in [-0.4, -0.2) is 22.7 Å². The maximum atomic E-state index is 12.3. The molecule has 0 aliphatic heterocycles. The van der Waals surface area contributed by atoms with Crippen molar-refractivity contribution < 1.29 is 18.3 Å². The third-order valence-electron chi connectivity index (χ3n) is 3.06. The minimum absolute atomic E-state index is 0.0312. The van der Waals surface area contributed by atoms with Crippen LogP contribution in [-0.2, 0) is 0 Å². The van der Waals surface area contributed by atoms with Crippen LogP contribution in [0.2, 0.25) is 0 Å².